The Morgan fingerprint density at radius 2 is 2.14 bits per heavy atom. The predicted octanol–water partition coefficient (Wildman–Crippen LogP) is 3.46. The van der Waals surface area contributed by atoms with Crippen LogP contribution in [0.3, 0.4) is 0 Å². The average Bonchev–Trinajstić information content (AvgIpc) is 2.47. The summed E-state index contributed by atoms with van der Waals surface area (Å²) in [5.74, 6) is 0.708. The maximum atomic E-state index is 12.6. The topological polar surface area (TPSA) is 50.4 Å². The Morgan fingerprint density at radius 1 is 1.43 bits per heavy atom. The molecule has 0 unspecified atom stereocenters. The first-order valence-corrected chi connectivity index (χ1v) is 7.87. The molecule has 0 bridgehead atoms. The molecule has 1 saturated heterocycles. The fraction of sp³-hybridized carbons (Fsp3) is 0.562. The molecule has 1 aliphatic heterocycles. The van der Waals surface area contributed by atoms with Gasteiger partial charge in [0.2, 0.25) is 5.91 Å². The van der Waals surface area contributed by atoms with Gasteiger partial charge in [0.15, 0.2) is 0 Å². The maximum absolute atomic E-state index is 12.6. The van der Waals surface area contributed by atoms with Crippen LogP contribution in [0.1, 0.15) is 33.1 Å². The van der Waals surface area contributed by atoms with Gasteiger partial charge in [-0.3, -0.25) is 4.79 Å². The first kappa shape index (κ1) is 16.1. The number of anilines is 1. The molecule has 0 radical (unpaired) electrons. The Morgan fingerprint density at radius 3 is 2.81 bits per heavy atom. The number of ether oxygens (including phenoxy) is 1. The van der Waals surface area contributed by atoms with Gasteiger partial charge in [0.05, 0.1) is 12.3 Å². The molecule has 1 heterocycles. The molecule has 1 aromatic rings. The molecule has 1 amide bonds. The van der Waals surface area contributed by atoms with E-state index in [1.54, 1.807) is 18.2 Å². The number of rotatable bonds is 5. The maximum Gasteiger partial charge on any atom is 0.230 e. The molecule has 116 valence electrons. The van der Waals surface area contributed by atoms with Crippen molar-refractivity contribution in [3.05, 3.63) is 23.2 Å². The van der Waals surface area contributed by atoms with Crippen molar-refractivity contribution >= 4 is 23.2 Å². The molecule has 1 aromatic carbocycles. The zero-order valence-corrected chi connectivity index (χ0v) is 13.4. The van der Waals surface area contributed by atoms with Crippen molar-refractivity contribution < 1.29 is 9.53 Å². The first-order valence-electron chi connectivity index (χ1n) is 7.50. The van der Waals surface area contributed by atoms with Crippen LogP contribution in [0.5, 0.6) is 5.75 Å². The van der Waals surface area contributed by atoms with Gasteiger partial charge in [0, 0.05) is 10.4 Å². The summed E-state index contributed by atoms with van der Waals surface area (Å²) in [5, 5.41) is 6.86. The lowest BCUT2D eigenvalue weighted by Gasteiger charge is -2.32. The van der Waals surface area contributed by atoms with Crippen LogP contribution in [0, 0.1) is 5.41 Å². The van der Waals surface area contributed by atoms with E-state index in [1.165, 1.54) is 0 Å². The minimum atomic E-state index is -0.338. The third kappa shape index (κ3) is 4.11. The van der Waals surface area contributed by atoms with Crippen LogP contribution in [0.25, 0.3) is 0 Å². The van der Waals surface area contributed by atoms with E-state index >= 15 is 0 Å². The normalized spacial score (nSPS) is 17.3. The molecule has 2 N–H and O–H groups in total. The SMILES string of the molecule is CCCOc1ccc(Cl)cc1NC(=O)C1(C)CCNCC1. The minimum absolute atomic E-state index is 0.0348. The van der Waals surface area contributed by atoms with Crippen molar-refractivity contribution in [3.8, 4) is 5.75 Å². The van der Waals surface area contributed by atoms with Crippen LogP contribution in [0.4, 0.5) is 5.69 Å². The highest BCUT2D eigenvalue weighted by atomic mass is 35.5. The first-order chi connectivity index (χ1) is 10.0. The monoisotopic (exact) mass is 310 g/mol. The third-order valence-corrected chi connectivity index (χ3v) is 4.14. The summed E-state index contributed by atoms with van der Waals surface area (Å²) in [5.41, 5.74) is 0.316. The highest BCUT2D eigenvalue weighted by Crippen LogP contribution is 2.33. The van der Waals surface area contributed by atoms with Crippen molar-refractivity contribution in [1.82, 2.24) is 5.32 Å². The largest absolute Gasteiger partial charge is 0.491 e. The van der Waals surface area contributed by atoms with Crippen molar-refractivity contribution in [2.45, 2.75) is 33.1 Å². The van der Waals surface area contributed by atoms with Gasteiger partial charge < -0.3 is 15.4 Å². The summed E-state index contributed by atoms with van der Waals surface area (Å²) >= 11 is 6.04. The van der Waals surface area contributed by atoms with Crippen molar-refractivity contribution in [3.63, 3.8) is 0 Å². The lowest BCUT2D eigenvalue weighted by molar-refractivity contribution is -0.126. The van der Waals surface area contributed by atoms with Gasteiger partial charge in [-0.1, -0.05) is 25.4 Å². The molecule has 4 nitrogen and oxygen atoms in total. The second-order valence-electron chi connectivity index (χ2n) is 5.75. The lowest BCUT2D eigenvalue weighted by atomic mass is 9.80. The second kappa shape index (κ2) is 7.14. The zero-order valence-electron chi connectivity index (χ0n) is 12.7. The van der Waals surface area contributed by atoms with Crippen LogP contribution >= 0.6 is 11.6 Å². The molecule has 0 saturated carbocycles. The van der Waals surface area contributed by atoms with Gasteiger partial charge in [-0.25, -0.2) is 0 Å². The Balaban J connectivity index is 2.13. The molecule has 0 aromatic heterocycles. The van der Waals surface area contributed by atoms with Crippen LogP contribution in [-0.2, 0) is 4.79 Å². The average molecular weight is 311 g/mol. The summed E-state index contributed by atoms with van der Waals surface area (Å²) < 4.78 is 5.68. The van der Waals surface area contributed by atoms with Crippen LogP contribution in [0.2, 0.25) is 5.02 Å². The van der Waals surface area contributed by atoms with E-state index in [0.717, 1.165) is 32.4 Å². The predicted molar refractivity (Wildman–Crippen MR) is 86.1 cm³/mol. The number of amides is 1. The van der Waals surface area contributed by atoms with E-state index in [-0.39, 0.29) is 11.3 Å². The Labute approximate surface area is 131 Å². The summed E-state index contributed by atoms with van der Waals surface area (Å²) in [6, 6.07) is 5.32. The zero-order chi connectivity index (χ0) is 15.3. The minimum Gasteiger partial charge on any atom is -0.491 e. The number of benzene rings is 1. The molecule has 5 heteroatoms. The van der Waals surface area contributed by atoms with Gasteiger partial charge in [0.1, 0.15) is 5.75 Å². The number of nitrogens with one attached hydrogen (secondary N) is 2. The van der Waals surface area contributed by atoms with Gasteiger partial charge in [0.25, 0.3) is 0 Å². The summed E-state index contributed by atoms with van der Waals surface area (Å²) in [4.78, 5) is 12.6. The van der Waals surface area contributed by atoms with Gasteiger partial charge in [-0.15, -0.1) is 0 Å². The van der Waals surface area contributed by atoms with Gasteiger partial charge in [-0.2, -0.15) is 0 Å². The van der Waals surface area contributed by atoms with Gasteiger partial charge >= 0.3 is 0 Å². The molecule has 1 aliphatic rings. The fourth-order valence-corrected chi connectivity index (χ4v) is 2.59. The smallest absolute Gasteiger partial charge is 0.230 e. The van der Waals surface area contributed by atoms with E-state index in [1.807, 2.05) is 13.8 Å². The van der Waals surface area contributed by atoms with Crippen LogP contribution in [0.15, 0.2) is 18.2 Å². The van der Waals surface area contributed by atoms with E-state index in [4.69, 9.17) is 16.3 Å². The van der Waals surface area contributed by atoms with E-state index < -0.39 is 0 Å². The number of piperidine rings is 1. The standard InChI is InChI=1S/C16H23ClN2O2/c1-3-10-21-14-5-4-12(17)11-13(14)19-15(20)16(2)6-8-18-9-7-16/h4-5,11,18H,3,6-10H2,1-2H3,(H,19,20). The molecular weight excluding hydrogens is 288 g/mol. The highest BCUT2D eigenvalue weighted by Gasteiger charge is 2.34. The van der Waals surface area contributed by atoms with Crippen LogP contribution < -0.4 is 15.4 Å². The molecular formula is C16H23ClN2O2. The number of hydrogen-bond donors (Lipinski definition) is 2. The fourth-order valence-electron chi connectivity index (χ4n) is 2.42. The molecule has 0 atom stereocenters. The number of hydrogen-bond acceptors (Lipinski definition) is 3. The number of halogens is 1. The Hall–Kier alpha value is -1.26. The molecule has 0 spiro atoms. The van der Waals surface area contributed by atoms with Crippen molar-refractivity contribution in [2.75, 3.05) is 25.0 Å². The Kier molecular flexibility index (Phi) is 5.48. The van der Waals surface area contributed by atoms with E-state index in [2.05, 4.69) is 10.6 Å². The van der Waals surface area contributed by atoms with Crippen molar-refractivity contribution in [1.29, 1.82) is 0 Å². The highest BCUT2D eigenvalue weighted by molar-refractivity contribution is 6.31. The molecule has 1 fully saturated rings. The van der Waals surface area contributed by atoms with E-state index in [0.29, 0.717) is 23.1 Å². The summed E-state index contributed by atoms with van der Waals surface area (Å²) in [7, 11) is 0. The number of carbonyl (C=O) groups excluding carboxylic acids is 1. The van der Waals surface area contributed by atoms with Crippen molar-refractivity contribution in [2.24, 2.45) is 5.41 Å². The molecule has 0 aliphatic carbocycles. The van der Waals surface area contributed by atoms with Gasteiger partial charge in [-0.05, 0) is 50.6 Å². The molecule has 2 rings (SSSR count). The number of carbonyl (C=O) groups is 1. The second-order valence-corrected chi connectivity index (χ2v) is 6.19. The lowest BCUT2D eigenvalue weighted by Crippen LogP contribution is -2.42. The molecule has 21 heavy (non-hydrogen) atoms. The quantitative estimate of drug-likeness (QED) is 0.875. The third-order valence-electron chi connectivity index (χ3n) is 3.91. The summed E-state index contributed by atoms with van der Waals surface area (Å²) in [6.45, 7) is 6.42. The van der Waals surface area contributed by atoms with E-state index in [9.17, 15) is 4.79 Å². The Bertz CT molecular complexity index is 499. The summed E-state index contributed by atoms with van der Waals surface area (Å²) in [6.07, 6.45) is 2.59. The van der Waals surface area contributed by atoms with Crippen LogP contribution in [-0.4, -0.2) is 25.6 Å².